The number of hydrogen-bond donors (Lipinski definition) is 2. The first-order valence-corrected chi connectivity index (χ1v) is 7.46. The Labute approximate surface area is 136 Å². The minimum Gasteiger partial charge on any atom is -0.491 e. The average Bonchev–Trinajstić information content (AvgIpc) is 2.34. The molecular weight excluding hydrogens is 298 g/mol. The van der Waals surface area contributed by atoms with Crippen molar-refractivity contribution in [3.63, 3.8) is 0 Å². The van der Waals surface area contributed by atoms with Crippen molar-refractivity contribution in [2.75, 3.05) is 6.61 Å². The topological polar surface area (TPSA) is 84.9 Å². The standard InChI is InChI=1S/C17H25NO5/c1-10-7-13(15(19)20)8-11(2)14(10)22-9-12(3)18-16(21)23-17(4,5)6/h7-8,12H,9H2,1-6H3,(H,18,21)(H,19,20)/t12-/m1/s1. The third kappa shape index (κ3) is 6.18. The normalized spacial score (nSPS) is 12.4. The Bertz CT molecular complexity index is 566. The molecule has 0 spiro atoms. The molecule has 0 unspecified atom stereocenters. The Hall–Kier alpha value is -2.24. The van der Waals surface area contributed by atoms with Gasteiger partial charge in [-0.15, -0.1) is 0 Å². The van der Waals surface area contributed by atoms with E-state index in [1.807, 2.05) is 0 Å². The molecule has 0 aromatic heterocycles. The van der Waals surface area contributed by atoms with Crippen LogP contribution in [0.1, 0.15) is 49.2 Å². The monoisotopic (exact) mass is 323 g/mol. The van der Waals surface area contributed by atoms with E-state index in [1.54, 1.807) is 53.7 Å². The van der Waals surface area contributed by atoms with Gasteiger partial charge in [-0.3, -0.25) is 0 Å². The molecule has 0 aliphatic heterocycles. The number of ether oxygens (including phenoxy) is 2. The molecule has 0 heterocycles. The van der Waals surface area contributed by atoms with Crippen LogP contribution in [-0.2, 0) is 4.74 Å². The van der Waals surface area contributed by atoms with E-state index < -0.39 is 17.7 Å². The maximum Gasteiger partial charge on any atom is 0.407 e. The molecule has 1 amide bonds. The minimum absolute atomic E-state index is 0.229. The summed E-state index contributed by atoms with van der Waals surface area (Å²) in [5, 5.41) is 11.7. The van der Waals surface area contributed by atoms with Crippen molar-refractivity contribution in [2.24, 2.45) is 0 Å². The Kier molecular flexibility index (Phi) is 6.01. The van der Waals surface area contributed by atoms with Crippen molar-refractivity contribution in [2.45, 2.75) is 53.2 Å². The summed E-state index contributed by atoms with van der Waals surface area (Å²) in [5.74, 6) is -0.337. The Balaban J connectivity index is 2.65. The van der Waals surface area contributed by atoms with E-state index in [9.17, 15) is 9.59 Å². The number of carboxylic acid groups (broad SMARTS) is 1. The zero-order chi connectivity index (χ0) is 17.8. The fourth-order valence-corrected chi connectivity index (χ4v) is 2.06. The second kappa shape index (κ2) is 7.35. The van der Waals surface area contributed by atoms with Crippen LogP contribution >= 0.6 is 0 Å². The number of alkyl carbamates (subject to hydrolysis) is 1. The lowest BCUT2D eigenvalue weighted by Gasteiger charge is -2.22. The van der Waals surface area contributed by atoms with Gasteiger partial charge in [0, 0.05) is 0 Å². The maximum atomic E-state index is 11.7. The van der Waals surface area contributed by atoms with E-state index in [-0.39, 0.29) is 18.2 Å². The molecule has 0 bridgehead atoms. The summed E-state index contributed by atoms with van der Waals surface area (Å²) in [5.41, 5.74) is 1.16. The van der Waals surface area contributed by atoms with Crippen LogP contribution in [0.5, 0.6) is 5.75 Å². The van der Waals surface area contributed by atoms with Crippen molar-refractivity contribution >= 4 is 12.1 Å². The predicted molar refractivity (Wildman–Crippen MR) is 87.2 cm³/mol. The Morgan fingerprint density at radius 2 is 1.74 bits per heavy atom. The quantitative estimate of drug-likeness (QED) is 0.868. The molecule has 128 valence electrons. The predicted octanol–water partition coefficient (Wildman–Crippen LogP) is 3.29. The number of carbonyl (C=O) groups excluding carboxylic acids is 1. The van der Waals surface area contributed by atoms with Gasteiger partial charge in [0.25, 0.3) is 0 Å². The number of nitrogens with one attached hydrogen (secondary N) is 1. The summed E-state index contributed by atoms with van der Waals surface area (Å²) < 4.78 is 10.9. The van der Waals surface area contributed by atoms with E-state index in [1.165, 1.54) is 0 Å². The zero-order valence-corrected chi connectivity index (χ0v) is 14.5. The lowest BCUT2D eigenvalue weighted by Crippen LogP contribution is -2.40. The molecule has 0 aliphatic rings. The highest BCUT2D eigenvalue weighted by molar-refractivity contribution is 5.88. The molecule has 0 saturated heterocycles. The third-order valence-corrected chi connectivity index (χ3v) is 2.95. The molecule has 1 aromatic rings. The summed E-state index contributed by atoms with van der Waals surface area (Å²) in [6, 6.07) is 2.88. The van der Waals surface area contributed by atoms with Gasteiger partial charge in [0.15, 0.2) is 0 Å². The molecule has 6 nitrogen and oxygen atoms in total. The Morgan fingerprint density at radius 1 is 1.22 bits per heavy atom. The number of hydrogen-bond acceptors (Lipinski definition) is 4. The molecule has 1 aromatic carbocycles. The van der Waals surface area contributed by atoms with Gasteiger partial charge in [0.05, 0.1) is 11.6 Å². The number of aryl methyl sites for hydroxylation is 2. The molecule has 0 aliphatic carbocycles. The van der Waals surface area contributed by atoms with Gasteiger partial charge in [-0.2, -0.15) is 0 Å². The Morgan fingerprint density at radius 3 is 2.17 bits per heavy atom. The third-order valence-electron chi connectivity index (χ3n) is 2.95. The molecule has 1 atom stereocenters. The highest BCUT2D eigenvalue weighted by atomic mass is 16.6. The highest BCUT2D eigenvalue weighted by Gasteiger charge is 2.18. The van der Waals surface area contributed by atoms with Crippen molar-refractivity contribution in [1.82, 2.24) is 5.32 Å². The van der Waals surface area contributed by atoms with E-state index in [4.69, 9.17) is 14.6 Å². The first-order chi connectivity index (χ1) is 10.5. The van der Waals surface area contributed by atoms with E-state index in [0.717, 1.165) is 11.1 Å². The first-order valence-electron chi connectivity index (χ1n) is 7.46. The number of amides is 1. The van der Waals surface area contributed by atoms with Gasteiger partial charge < -0.3 is 19.9 Å². The lowest BCUT2D eigenvalue weighted by molar-refractivity contribution is 0.0493. The van der Waals surface area contributed by atoms with Crippen LogP contribution in [0.2, 0.25) is 0 Å². The molecule has 23 heavy (non-hydrogen) atoms. The van der Waals surface area contributed by atoms with E-state index in [2.05, 4.69) is 5.32 Å². The van der Waals surface area contributed by atoms with E-state index >= 15 is 0 Å². The van der Waals surface area contributed by atoms with Crippen LogP contribution in [0.25, 0.3) is 0 Å². The van der Waals surface area contributed by atoms with Crippen LogP contribution in [-0.4, -0.2) is 35.4 Å². The number of benzene rings is 1. The van der Waals surface area contributed by atoms with Crippen LogP contribution in [0, 0.1) is 13.8 Å². The van der Waals surface area contributed by atoms with Crippen molar-refractivity contribution in [3.8, 4) is 5.75 Å². The molecule has 0 saturated carbocycles. The minimum atomic E-state index is -0.970. The van der Waals surface area contributed by atoms with Gasteiger partial charge in [-0.05, 0) is 64.8 Å². The summed E-state index contributed by atoms with van der Waals surface area (Å²) in [7, 11) is 0. The fourth-order valence-electron chi connectivity index (χ4n) is 2.06. The largest absolute Gasteiger partial charge is 0.491 e. The maximum absolute atomic E-state index is 11.7. The second-order valence-electron chi connectivity index (χ2n) is 6.60. The van der Waals surface area contributed by atoms with Gasteiger partial charge in [-0.25, -0.2) is 9.59 Å². The molecule has 2 N–H and O–H groups in total. The zero-order valence-electron chi connectivity index (χ0n) is 14.5. The van der Waals surface area contributed by atoms with Gasteiger partial charge >= 0.3 is 12.1 Å². The van der Waals surface area contributed by atoms with Crippen LogP contribution in [0.3, 0.4) is 0 Å². The first kappa shape index (κ1) is 18.8. The molecular formula is C17H25NO5. The molecule has 0 radical (unpaired) electrons. The SMILES string of the molecule is Cc1cc(C(=O)O)cc(C)c1OC[C@@H](C)NC(=O)OC(C)(C)C. The van der Waals surface area contributed by atoms with Crippen molar-refractivity contribution in [3.05, 3.63) is 28.8 Å². The van der Waals surface area contributed by atoms with Crippen molar-refractivity contribution < 1.29 is 24.2 Å². The van der Waals surface area contributed by atoms with Gasteiger partial charge in [0.2, 0.25) is 0 Å². The number of aromatic carboxylic acids is 1. The second-order valence-corrected chi connectivity index (χ2v) is 6.60. The summed E-state index contributed by atoms with van der Waals surface area (Å²) in [6.45, 7) is 11.0. The highest BCUT2D eigenvalue weighted by Crippen LogP contribution is 2.25. The summed E-state index contributed by atoms with van der Waals surface area (Å²) in [4.78, 5) is 22.7. The van der Waals surface area contributed by atoms with Gasteiger partial charge in [0.1, 0.15) is 18.0 Å². The average molecular weight is 323 g/mol. The van der Waals surface area contributed by atoms with Gasteiger partial charge in [-0.1, -0.05) is 0 Å². The fraction of sp³-hybridized carbons (Fsp3) is 0.529. The summed E-state index contributed by atoms with van der Waals surface area (Å²) in [6.07, 6.45) is -0.497. The summed E-state index contributed by atoms with van der Waals surface area (Å²) >= 11 is 0. The molecule has 6 heteroatoms. The smallest absolute Gasteiger partial charge is 0.407 e. The number of carboxylic acids is 1. The molecule has 1 rings (SSSR count). The van der Waals surface area contributed by atoms with Crippen LogP contribution < -0.4 is 10.1 Å². The number of carbonyl (C=O) groups is 2. The molecule has 0 fully saturated rings. The van der Waals surface area contributed by atoms with Crippen LogP contribution in [0.15, 0.2) is 12.1 Å². The lowest BCUT2D eigenvalue weighted by atomic mass is 10.1. The van der Waals surface area contributed by atoms with Crippen LogP contribution in [0.4, 0.5) is 4.79 Å². The number of rotatable bonds is 5. The van der Waals surface area contributed by atoms with Crippen molar-refractivity contribution in [1.29, 1.82) is 0 Å². The van der Waals surface area contributed by atoms with E-state index in [0.29, 0.717) is 5.75 Å².